The Bertz CT molecular complexity index is 336. The van der Waals surface area contributed by atoms with E-state index in [9.17, 15) is 9.59 Å². The third kappa shape index (κ3) is 4.65. The Labute approximate surface area is 112 Å². The molecule has 19 heavy (non-hydrogen) atoms. The van der Waals surface area contributed by atoms with Crippen LogP contribution in [0.1, 0.15) is 19.3 Å². The van der Waals surface area contributed by atoms with Gasteiger partial charge in [0.1, 0.15) is 0 Å². The van der Waals surface area contributed by atoms with Crippen molar-refractivity contribution in [3.05, 3.63) is 12.2 Å². The van der Waals surface area contributed by atoms with Gasteiger partial charge in [-0.25, -0.2) is 0 Å². The number of carboxylic acids is 1. The average Bonchev–Trinajstić information content (AvgIpc) is 2.39. The normalized spacial score (nSPS) is 23.9. The molecule has 6 nitrogen and oxygen atoms in total. The first-order valence-electron chi connectivity index (χ1n) is 6.38. The first kappa shape index (κ1) is 15.7. The number of carbonyl (C=O) groups excluding carboxylic acids is 1. The highest BCUT2D eigenvalue weighted by atomic mass is 16.5. The summed E-state index contributed by atoms with van der Waals surface area (Å²) < 4.78 is 4.96. The number of allylic oxidation sites excluding steroid dienone is 2. The van der Waals surface area contributed by atoms with Crippen LogP contribution in [-0.2, 0) is 14.3 Å². The molecule has 0 heterocycles. The SMILES string of the molecule is COCC(CCO)NC(=O)C1CC=CCC1C(=O)O. The Kier molecular flexibility index (Phi) is 6.52. The van der Waals surface area contributed by atoms with E-state index >= 15 is 0 Å². The molecule has 0 aromatic rings. The van der Waals surface area contributed by atoms with Gasteiger partial charge in [0.25, 0.3) is 0 Å². The van der Waals surface area contributed by atoms with Crippen molar-refractivity contribution in [2.45, 2.75) is 25.3 Å². The largest absolute Gasteiger partial charge is 0.481 e. The molecule has 0 saturated carbocycles. The van der Waals surface area contributed by atoms with Gasteiger partial charge in [0.15, 0.2) is 0 Å². The lowest BCUT2D eigenvalue weighted by atomic mass is 9.82. The van der Waals surface area contributed by atoms with Crippen LogP contribution in [0.4, 0.5) is 0 Å². The fourth-order valence-electron chi connectivity index (χ4n) is 2.24. The molecule has 1 amide bonds. The molecule has 108 valence electrons. The number of aliphatic carboxylic acids is 1. The molecular weight excluding hydrogens is 250 g/mol. The number of carboxylic acid groups (broad SMARTS) is 1. The van der Waals surface area contributed by atoms with Crippen molar-refractivity contribution < 1.29 is 24.5 Å². The Hall–Kier alpha value is -1.40. The molecule has 0 aromatic carbocycles. The summed E-state index contributed by atoms with van der Waals surface area (Å²) in [6.45, 7) is 0.244. The number of nitrogens with one attached hydrogen (secondary N) is 1. The Morgan fingerprint density at radius 3 is 2.53 bits per heavy atom. The minimum absolute atomic E-state index is 0.0543. The van der Waals surface area contributed by atoms with Crippen molar-refractivity contribution in [1.82, 2.24) is 5.32 Å². The molecule has 0 fully saturated rings. The minimum Gasteiger partial charge on any atom is -0.481 e. The second kappa shape index (κ2) is 7.91. The smallest absolute Gasteiger partial charge is 0.307 e. The first-order valence-corrected chi connectivity index (χ1v) is 6.38. The highest BCUT2D eigenvalue weighted by Crippen LogP contribution is 2.26. The van der Waals surface area contributed by atoms with Gasteiger partial charge in [0, 0.05) is 13.7 Å². The molecule has 0 radical (unpaired) electrons. The number of ether oxygens (including phenoxy) is 1. The zero-order valence-electron chi connectivity index (χ0n) is 11.0. The quantitative estimate of drug-likeness (QED) is 0.573. The van der Waals surface area contributed by atoms with Gasteiger partial charge >= 0.3 is 5.97 Å². The third-order valence-corrected chi connectivity index (χ3v) is 3.28. The van der Waals surface area contributed by atoms with Crippen LogP contribution in [-0.4, -0.2) is 48.5 Å². The van der Waals surface area contributed by atoms with Crippen LogP contribution < -0.4 is 5.32 Å². The standard InChI is InChI=1S/C13H21NO5/c1-19-8-9(6-7-15)14-12(16)10-4-2-3-5-11(10)13(17)18/h2-3,9-11,15H,4-8H2,1H3,(H,14,16)(H,17,18). The maximum absolute atomic E-state index is 12.1. The summed E-state index contributed by atoms with van der Waals surface area (Å²) in [7, 11) is 1.51. The zero-order chi connectivity index (χ0) is 14.3. The van der Waals surface area contributed by atoms with Crippen molar-refractivity contribution in [3.8, 4) is 0 Å². The second-order valence-corrected chi connectivity index (χ2v) is 4.67. The van der Waals surface area contributed by atoms with Gasteiger partial charge < -0.3 is 20.3 Å². The van der Waals surface area contributed by atoms with Crippen molar-refractivity contribution in [1.29, 1.82) is 0 Å². The van der Waals surface area contributed by atoms with E-state index in [-0.39, 0.29) is 18.6 Å². The maximum Gasteiger partial charge on any atom is 0.307 e. The summed E-state index contributed by atoms with van der Waals surface area (Å²) in [5, 5.41) is 20.8. The van der Waals surface area contributed by atoms with Crippen molar-refractivity contribution in [2.24, 2.45) is 11.8 Å². The topological polar surface area (TPSA) is 95.9 Å². The lowest BCUT2D eigenvalue weighted by molar-refractivity contribution is -0.147. The van der Waals surface area contributed by atoms with Crippen molar-refractivity contribution in [3.63, 3.8) is 0 Å². The van der Waals surface area contributed by atoms with E-state index in [0.29, 0.717) is 25.9 Å². The monoisotopic (exact) mass is 271 g/mol. The molecule has 3 atom stereocenters. The molecule has 1 rings (SSSR count). The Balaban J connectivity index is 2.63. The van der Waals surface area contributed by atoms with Gasteiger partial charge in [-0.2, -0.15) is 0 Å². The molecule has 0 saturated heterocycles. The summed E-state index contributed by atoms with van der Waals surface area (Å²) in [6, 6.07) is -0.289. The van der Waals surface area contributed by atoms with Gasteiger partial charge in [0.05, 0.1) is 24.5 Å². The van der Waals surface area contributed by atoms with Crippen LogP contribution in [0.15, 0.2) is 12.2 Å². The highest BCUT2D eigenvalue weighted by molar-refractivity contribution is 5.85. The average molecular weight is 271 g/mol. The van der Waals surface area contributed by atoms with Gasteiger partial charge in [-0.3, -0.25) is 9.59 Å². The number of hydrogen-bond donors (Lipinski definition) is 3. The number of hydrogen-bond acceptors (Lipinski definition) is 4. The number of rotatable bonds is 7. The van der Waals surface area contributed by atoms with E-state index in [1.54, 1.807) is 6.08 Å². The lowest BCUT2D eigenvalue weighted by Gasteiger charge is -2.26. The minimum atomic E-state index is -0.949. The molecule has 0 aromatic heterocycles. The van der Waals surface area contributed by atoms with E-state index in [1.807, 2.05) is 6.08 Å². The van der Waals surface area contributed by atoms with Crippen LogP contribution in [0.25, 0.3) is 0 Å². The van der Waals surface area contributed by atoms with E-state index < -0.39 is 17.8 Å². The molecule has 3 unspecified atom stereocenters. The second-order valence-electron chi connectivity index (χ2n) is 4.67. The molecule has 1 aliphatic carbocycles. The maximum atomic E-state index is 12.1. The summed E-state index contributed by atoms with van der Waals surface area (Å²) in [5.74, 6) is -2.47. The molecule has 6 heteroatoms. The van der Waals surface area contributed by atoms with E-state index in [0.717, 1.165) is 0 Å². The summed E-state index contributed by atoms with van der Waals surface area (Å²) in [6.07, 6.45) is 4.83. The van der Waals surface area contributed by atoms with Crippen LogP contribution in [0, 0.1) is 11.8 Å². The van der Waals surface area contributed by atoms with Gasteiger partial charge in [0.2, 0.25) is 5.91 Å². The van der Waals surface area contributed by atoms with Crippen LogP contribution in [0.2, 0.25) is 0 Å². The first-order chi connectivity index (χ1) is 9.10. The Morgan fingerprint density at radius 2 is 2.00 bits per heavy atom. The summed E-state index contributed by atoms with van der Waals surface area (Å²) >= 11 is 0. The van der Waals surface area contributed by atoms with Crippen LogP contribution in [0.3, 0.4) is 0 Å². The fourth-order valence-corrected chi connectivity index (χ4v) is 2.24. The lowest BCUT2D eigenvalue weighted by Crippen LogP contribution is -2.45. The fraction of sp³-hybridized carbons (Fsp3) is 0.692. The number of aliphatic hydroxyl groups is 1. The van der Waals surface area contributed by atoms with E-state index in [1.165, 1.54) is 7.11 Å². The molecule has 3 N–H and O–H groups in total. The molecule has 0 aliphatic heterocycles. The summed E-state index contributed by atoms with van der Waals surface area (Å²) in [5.41, 5.74) is 0. The third-order valence-electron chi connectivity index (χ3n) is 3.28. The van der Waals surface area contributed by atoms with E-state index in [2.05, 4.69) is 5.32 Å². The number of methoxy groups -OCH3 is 1. The number of carbonyl (C=O) groups is 2. The molecular formula is C13H21NO5. The predicted molar refractivity (Wildman–Crippen MR) is 68.5 cm³/mol. The molecule has 0 bridgehead atoms. The molecule has 1 aliphatic rings. The number of aliphatic hydroxyl groups excluding tert-OH is 1. The Morgan fingerprint density at radius 1 is 1.37 bits per heavy atom. The zero-order valence-corrected chi connectivity index (χ0v) is 11.0. The van der Waals surface area contributed by atoms with Gasteiger partial charge in [-0.05, 0) is 19.3 Å². The van der Waals surface area contributed by atoms with Crippen LogP contribution in [0.5, 0.6) is 0 Å². The number of amides is 1. The summed E-state index contributed by atoms with van der Waals surface area (Å²) in [4.78, 5) is 23.3. The molecule has 0 spiro atoms. The predicted octanol–water partition coefficient (Wildman–Crippen LogP) is 0.167. The van der Waals surface area contributed by atoms with Crippen LogP contribution >= 0.6 is 0 Å². The van der Waals surface area contributed by atoms with Gasteiger partial charge in [-0.15, -0.1) is 0 Å². The van der Waals surface area contributed by atoms with E-state index in [4.69, 9.17) is 14.9 Å². The van der Waals surface area contributed by atoms with Gasteiger partial charge in [-0.1, -0.05) is 12.2 Å². The highest BCUT2D eigenvalue weighted by Gasteiger charge is 2.34. The van der Waals surface area contributed by atoms with Crippen molar-refractivity contribution in [2.75, 3.05) is 20.3 Å². The van der Waals surface area contributed by atoms with Crippen molar-refractivity contribution >= 4 is 11.9 Å².